The van der Waals surface area contributed by atoms with Gasteiger partial charge in [-0.3, -0.25) is 4.90 Å². The first-order chi connectivity index (χ1) is 13.1. The van der Waals surface area contributed by atoms with Crippen LogP contribution in [0.25, 0.3) is 4.96 Å². The molecule has 0 spiro atoms. The highest BCUT2D eigenvalue weighted by molar-refractivity contribution is 7.17. The maximum Gasteiger partial charge on any atom is 0.230 e. The minimum Gasteiger partial charge on any atom is -0.497 e. The van der Waals surface area contributed by atoms with E-state index in [1.807, 2.05) is 25.1 Å². The molecule has 0 radical (unpaired) electrons. The van der Waals surface area contributed by atoms with Crippen molar-refractivity contribution in [1.82, 2.24) is 19.5 Å². The summed E-state index contributed by atoms with van der Waals surface area (Å²) < 4.78 is 12.6. The monoisotopic (exact) mass is 388 g/mol. The molecule has 27 heavy (non-hydrogen) atoms. The van der Waals surface area contributed by atoms with Crippen LogP contribution in [0.1, 0.15) is 41.6 Å². The molecule has 0 bridgehead atoms. The standard InChI is InChI=1S/C19H24N4O3S/c1-12-20-19-23(21-12)18(24)17(27-19)16(22-9-5-4-6-10-22)14-8-7-13(25-2)11-15(14)26-3/h7-8,11,16,24H,4-6,9-10H2,1-3H3/t16-/m0/s1. The first kappa shape index (κ1) is 18.1. The molecule has 1 aromatic carbocycles. The average molecular weight is 388 g/mol. The molecule has 8 heteroatoms. The highest BCUT2D eigenvalue weighted by Crippen LogP contribution is 2.44. The van der Waals surface area contributed by atoms with E-state index in [0.29, 0.717) is 10.8 Å². The predicted octanol–water partition coefficient (Wildman–Crippen LogP) is 3.40. The first-order valence-electron chi connectivity index (χ1n) is 9.13. The zero-order chi connectivity index (χ0) is 19.0. The number of benzene rings is 1. The van der Waals surface area contributed by atoms with Gasteiger partial charge in [0.05, 0.1) is 25.1 Å². The highest BCUT2D eigenvalue weighted by atomic mass is 32.1. The van der Waals surface area contributed by atoms with Gasteiger partial charge in [0.2, 0.25) is 10.8 Å². The van der Waals surface area contributed by atoms with Gasteiger partial charge in [0.25, 0.3) is 0 Å². The summed E-state index contributed by atoms with van der Waals surface area (Å²) in [5.74, 6) is 2.30. The van der Waals surface area contributed by atoms with E-state index < -0.39 is 0 Å². The number of thiazole rings is 1. The number of methoxy groups -OCH3 is 2. The van der Waals surface area contributed by atoms with Gasteiger partial charge in [-0.2, -0.15) is 4.52 Å². The van der Waals surface area contributed by atoms with E-state index in [1.165, 1.54) is 22.3 Å². The molecule has 2 aromatic heterocycles. The van der Waals surface area contributed by atoms with Crippen molar-refractivity contribution in [3.8, 4) is 17.4 Å². The third kappa shape index (κ3) is 3.23. The summed E-state index contributed by atoms with van der Waals surface area (Å²) in [6.07, 6.45) is 3.54. The van der Waals surface area contributed by atoms with Crippen LogP contribution < -0.4 is 9.47 Å². The molecule has 0 aliphatic carbocycles. The van der Waals surface area contributed by atoms with Crippen LogP contribution in [0.5, 0.6) is 17.4 Å². The molecule has 7 nitrogen and oxygen atoms in total. The second kappa shape index (κ2) is 7.36. The Morgan fingerprint density at radius 2 is 1.93 bits per heavy atom. The lowest BCUT2D eigenvalue weighted by Gasteiger charge is -2.34. The second-order valence-electron chi connectivity index (χ2n) is 6.75. The average Bonchev–Trinajstić information content (AvgIpc) is 3.20. The molecule has 1 atom stereocenters. The maximum atomic E-state index is 10.9. The summed E-state index contributed by atoms with van der Waals surface area (Å²) in [6, 6.07) is 5.74. The van der Waals surface area contributed by atoms with Gasteiger partial charge in [-0.15, -0.1) is 5.10 Å². The number of ether oxygens (including phenoxy) is 2. The van der Waals surface area contributed by atoms with Gasteiger partial charge >= 0.3 is 0 Å². The van der Waals surface area contributed by atoms with Crippen molar-refractivity contribution in [3.63, 3.8) is 0 Å². The number of hydrogen-bond donors (Lipinski definition) is 1. The van der Waals surface area contributed by atoms with Crippen molar-refractivity contribution in [2.75, 3.05) is 27.3 Å². The Morgan fingerprint density at radius 1 is 1.15 bits per heavy atom. The quantitative estimate of drug-likeness (QED) is 0.722. The van der Waals surface area contributed by atoms with Crippen LogP contribution in [0.3, 0.4) is 0 Å². The number of fused-ring (bicyclic) bond motifs is 1. The van der Waals surface area contributed by atoms with Crippen LogP contribution in [0.15, 0.2) is 18.2 Å². The second-order valence-corrected chi connectivity index (χ2v) is 7.76. The van der Waals surface area contributed by atoms with Gasteiger partial charge in [-0.25, -0.2) is 4.98 Å². The Morgan fingerprint density at radius 3 is 2.59 bits per heavy atom. The molecular formula is C19H24N4O3S. The van der Waals surface area contributed by atoms with Crippen molar-refractivity contribution >= 4 is 16.3 Å². The number of rotatable bonds is 5. The first-order valence-corrected chi connectivity index (χ1v) is 9.95. The predicted molar refractivity (Wildman–Crippen MR) is 104 cm³/mol. The molecule has 1 saturated heterocycles. The largest absolute Gasteiger partial charge is 0.497 e. The van der Waals surface area contributed by atoms with E-state index in [0.717, 1.165) is 47.9 Å². The van der Waals surface area contributed by atoms with Crippen LogP contribution >= 0.6 is 11.3 Å². The minimum atomic E-state index is -0.111. The van der Waals surface area contributed by atoms with E-state index in [1.54, 1.807) is 14.2 Å². The van der Waals surface area contributed by atoms with E-state index >= 15 is 0 Å². The van der Waals surface area contributed by atoms with Crippen molar-refractivity contribution in [2.45, 2.75) is 32.2 Å². The van der Waals surface area contributed by atoms with Crippen LogP contribution in [0.4, 0.5) is 0 Å². The van der Waals surface area contributed by atoms with Crippen LogP contribution in [0.2, 0.25) is 0 Å². The fraction of sp³-hybridized carbons (Fsp3) is 0.474. The molecule has 0 amide bonds. The molecule has 4 rings (SSSR count). The van der Waals surface area contributed by atoms with Gasteiger partial charge in [0, 0.05) is 11.6 Å². The van der Waals surface area contributed by atoms with E-state index in [2.05, 4.69) is 15.0 Å². The molecule has 3 aromatic rings. The lowest BCUT2D eigenvalue weighted by Crippen LogP contribution is -2.34. The molecular weight excluding hydrogens is 364 g/mol. The van der Waals surface area contributed by atoms with Gasteiger partial charge in [-0.05, 0) is 45.0 Å². The highest BCUT2D eigenvalue weighted by Gasteiger charge is 2.32. The van der Waals surface area contributed by atoms with Crippen molar-refractivity contribution < 1.29 is 14.6 Å². The maximum absolute atomic E-state index is 10.9. The number of aryl methyl sites for hydroxylation is 1. The molecule has 3 heterocycles. The summed E-state index contributed by atoms with van der Waals surface area (Å²) in [6.45, 7) is 3.78. The summed E-state index contributed by atoms with van der Waals surface area (Å²) in [5.41, 5.74) is 1.01. The van der Waals surface area contributed by atoms with Crippen molar-refractivity contribution in [3.05, 3.63) is 34.5 Å². The fourth-order valence-electron chi connectivity index (χ4n) is 3.75. The molecule has 1 N–H and O–H groups in total. The smallest absolute Gasteiger partial charge is 0.230 e. The minimum absolute atomic E-state index is 0.111. The number of piperidine rings is 1. The van der Waals surface area contributed by atoms with Gasteiger partial charge in [0.1, 0.15) is 17.3 Å². The molecule has 1 aliphatic heterocycles. The van der Waals surface area contributed by atoms with Crippen LogP contribution in [0, 0.1) is 6.92 Å². The number of nitrogens with zero attached hydrogens (tertiary/aromatic N) is 4. The Hall–Kier alpha value is -2.32. The Kier molecular flexibility index (Phi) is 4.92. The SMILES string of the molecule is COc1ccc([C@@H](c2sc3nc(C)nn3c2O)N2CCCCC2)c(OC)c1. The van der Waals surface area contributed by atoms with Crippen LogP contribution in [-0.2, 0) is 0 Å². The Balaban J connectivity index is 1.86. The fourth-order valence-corrected chi connectivity index (χ4v) is 4.90. The topological polar surface area (TPSA) is 72.1 Å². The number of likely N-dealkylation sites (tertiary alicyclic amines) is 1. The summed E-state index contributed by atoms with van der Waals surface area (Å²) in [7, 11) is 3.31. The lowest BCUT2D eigenvalue weighted by atomic mass is 9.99. The molecule has 0 saturated carbocycles. The summed E-state index contributed by atoms with van der Waals surface area (Å²) in [5, 5.41) is 15.2. The number of hydrogen-bond acceptors (Lipinski definition) is 7. The molecule has 1 aliphatic rings. The zero-order valence-corrected chi connectivity index (χ0v) is 16.6. The molecule has 144 valence electrons. The normalized spacial score (nSPS) is 16.6. The van der Waals surface area contributed by atoms with E-state index in [-0.39, 0.29) is 11.9 Å². The van der Waals surface area contributed by atoms with Gasteiger partial charge < -0.3 is 14.6 Å². The number of aromatic hydroxyl groups is 1. The van der Waals surface area contributed by atoms with Crippen molar-refractivity contribution in [2.24, 2.45) is 0 Å². The van der Waals surface area contributed by atoms with Crippen LogP contribution in [-0.4, -0.2) is 51.9 Å². The number of aromatic nitrogens is 3. The van der Waals surface area contributed by atoms with E-state index in [9.17, 15) is 5.11 Å². The van der Waals surface area contributed by atoms with Gasteiger partial charge in [-0.1, -0.05) is 17.8 Å². The van der Waals surface area contributed by atoms with Crippen molar-refractivity contribution in [1.29, 1.82) is 0 Å². The molecule has 1 fully saturated rings. The summed E-state index contributed by atoms with van der Waals surface area (Å²) >= 11 is 1.48. The Labute approximate surface area is 162 Å². The Bertz CT molecular complexity index is 946. The van der Waals surface area contributed by atoms with Gasteiger partial charge in [0.15, 0.2) is 0 Å². The lowest BCUT2D eigenvalue weighted by molar-refractivity contribution is 0.184. The summed E-state index contributed by atoms with van der Waals surface area (Å²) in [4.78, 5) is 8.38. The zero-order valence-electron chi connectivity index (χ0n) is 15.8. The third-order valence-electron chi connectivity index (χ3n) is 5.04. The molecule has 0 unspecified atom stereocenters. The third-order valence-corrected chi connectivity index (χ3v) is 6.12. The van der Waals surface area contributed by atoms with E-state index in [4.69, 9.17) is 9.47 Å².